The molecule has 1 aromatic heterocycles. The number of amides is 2. The van der Waals surface area contributed by atoms with Gasteiger partial charge in [-0.05, 0) is 35.9 Å². The van der Waals surface area contributed by atoms with E-state index < -0.39 is 0 Å². The van der Waals surface area contributed by atoms with Crippen LogP contribution in [0.5, 0.6) is 0 Å². The van der Waals surface area contributed by atoms with Gasteiger partial charge in [0, 0.05) is 38.7 Å². The number of carbonyl (C=O) groups is 1. The number of nitrogens with zero attached hydrogens (tertiary/aromatic N) is 3. The quantitative estimate of drug-likeness (QED) is 0.752. The van der Waals surface area contributed by atoms with Gasteiger partial charge in [0.1, 0.15) is 0 Å². The van der Waals surface area contributed by atoms with Gasteiger partial charge in [-0.3, -0.25) is 0 Å². The van der Waals surface area contributed by atoms with Crippen molar-refractivity contribution in [1.82, 2.24) is 15.1 Å². The third kappa shape index (κ3) is 4.17. The van der Waals surface area contributed by atoms with Gasteiger partial charge in [-0.25, -0.2) is 9.48 Å². The van der Waals surface area contributed by atoms with Gasteiger partial charge >= 0.3 is 6.03 Å². The molecule has 3 aromatic rings. The molecule has 6 heteroatoms. The molecule has 0 atom stereocenters. The lowest BCUT2D eigenvalue weighted by Gasteiger charge is -2.14. The molecule has 6 nitrogen and oxygen atoms in total. The second-order valence-electron chi connectivity index (χ2n) is 5.84. The topological polar surface area (TPSA) is 62.2 Å². The summed E-state index contributed by atoms with van der Waals surface area (Å²) in [7, 11) is 4.00. The maximum atomic E-state index is 12.2. The highest BCUT2D eigenvalue weighted by Gasteiger charge is 2.08. The van der Waals surface area contributed by atoms with Crippen molar-refractivity contribution in [2.24, 2.45) is 0 Å². The fraction of sp³-hybridized carbons (Fsp3) is 0.158. The number of para-hydroxylation sites is 2. The highest BCUT2D eigenvalue weighted by molar-refractivity contribution is 5.91. The van der Waals surface area contributed by atoms with Crippen molar-refractivity contribution >= 4 is 17.4 Å². The average Bonchev–Trinajstić information content (AvgIpc) is 3.15. The van der Waals surface area contributed by atoms with Crippen molar-refractivity contribution in [1.29, 1.82) is 0 Å². The Morgan fingerprint density at radius 3 is 2.52 bits per heavy atom. The monoisotopic (exact) mass is 335 g/mol. The van der Waals surface area contributed by atoms with Gasteiger partial charge < -0.3 is 15.5 Å². The lowest BCUT2D eigenvalue weighted by molar-refractivity contribution is 0.251. The van der Waals surface area contributed by atoms with E-state index in [-0.39, 0.29) is 6.03 Å². The minimum Gasteiger partial charge on any atom is -0.378 e. The predicted molar refractivity (Wildman–Crippen MR) is 100 cm³/mol. The second-order valence-corrected chi connectivity index (χ2v) is 5.84. The first-order chi connectivity index (χ1) is 12.1. The van der Waals surface area contributed by atoms with Crippen molar-refractivity contribution in [3.8, 4) is 5.69 Å². The van der Waals surface area contributed by atoms with Gasteiger partial charge in [0.05, 0.1) is 11.4 Å². The summed E-state index contributed by atoms with van der Waals surface area (Å²) in [6.45, 7) is 0.462. The highest BCUT2D eigenvalue weighted by Crippen LogP contribution is 2.19. The molecule has 0 aliphatic carbocycles. The van der Waals surface area contributed by atoms with E-state index >= 15 is 0 Å². The maximum Gasteiger partial charge on any atom is 0.319 e. The van der Waals surface area contributed by atoms with Crippen LogP contribution in [0.25, 0.3) is 5.69 Å². The summed E-state index contributed by atoms with van der Waals surface area (Å²) in [6.07, 6.45) is 3.54. The van der Waals surface area contributed by atoms with Crippen LogP contribution < -0.4 is 15.5 Å². The fourth-order valence-corrected chi connectivity index (χ4v) is 2.45. The number of aromatic nitrogens is 2. The van der Waals surface area contributed by atoms with Gasteiger partial charge in [0.25, 0.3) is 0 Å². The minimum absolute atomic E-state index is 0.253. The molecule has 0 saturated carbocycles. The molecule has 0 aliphatic heterocycles. The Labute approximate surface area is 147 Å². The summed E-state index contributed by atoms with van der Waals surface area (Å²) in [5, 5.41) is 9.97. The molecule has 2 aromatic carbocycles. The maximum absolute atomic E-state index is 12.2. The Morgan fingerprint density at radius 2 is 1.84 bits per heavy atom. The van der Waals surface area contributed by atoms with Crippen molar-refractivity contribution < 1.29 is 4.79 Å². The largest absolute Gasteiger partial charge is 0.378 e. The van der Waals surface area contributed by atoms with E-state index in [1.54, 1.807) is 10.9 Å². The second kappa shape index (κ2) is 7.53. The molecule has 0 unspecified atom stereocenters. The van der Waals surface area contributed by atoms with E-state index in [9.17, 15) is 4.79 Å². The molecule has 3 rings (SSSR count). The van der Waals surface area contributed by atoms with Crippen molar-refractivity contribution in [3.63, 3.8) is 0 Å². The molecule has 0 radical (unpaired) electrons. The van der Waals surface area contributed by atoms with Gasteiger partial charge in [0.15, 0.2) is 0 Å². The molecule has 0 saturated heterocycles. The molecule has 128 valence electrons. The van der Waals surface area contributed by atoms with Crippen LogP contribution >= 0.6 is 0 Å². The van der Waals surface area contributed by atoms with Crippen molar-refractivity contribution in [2.75, 3.05) is 24.3 Å². The van der Waals surface area contributed by atoms with Gasteiger partial charge in [0.2, 0.25) is 0 Å². The normalized spacial score (nSPS) is 10.3. The summed E-state index contributed by atoms with van der Waals surface area (Å²) in [6, 6.07) is 17.2. The standard InChI is InChI=1S/C19H21N5O/c1-23(2)16-10-8-15(9-11-16)14-20-19(25)22-17-6-3-4-7-18(17)24-13-5-12-21-24/h3-13H,14H2,1-2H3,(H2,20,22,25). The molecule has 1 heterocycles. The summed E-state index contributed by atoms with van der Waals surface area (Å²) in [4.78, 5) is 14.3. The molecule has 0 aliphatic rings. The van der Waals surface area contributed by atoms with E-state index in [1.807, 2.05) is 79.8 Å². The Kier molecular flexibility index (Phi) is 4.99. The number of nitrogens with one attached hydrogen (secondary N) is 2. The zero-order chi connectivity index (χ0) is 17.6. The van der Waals surface area contributed by atoms with Crippen LogP contribution in [0.1, 0.15) is 5.56 Å². The Morgan fingerprint density at radius 1 is 1.08 bits per heavy atom. The van der Waals surface area contributed by atoms with Crippen LogP contribution in [0, 0.1) is 0 Å². The van der Waals surface area contributed by atoms with Crippen LogP contribution in [0.2, 0.25) is 0 Å². The number of hydrogen-bond donors (Lipinski definition) is 2. The number of rotatable bonds is 5. The van der Waals surface area contributed by atoms with Gasteiger partial charge in [-0.1, -0.05) is 24.3 Å². The van der Waals surface area contributed by atoms with E-state index in [4.69, 9.17) is 0 Å². The summed E-state index contributed by atoms with van der Waals surface area (Å²) in [5.74, 6) is 0. The van der Waals surface area contributed by atoms with Crippen LogP contribution in [0.3, 0.4) is 0 Å². The number of anilines is 2. The fourth-order valence-electron chi connectivity index (χ4n) is 2.45. The number of benzene rings is 2. The number of urea groups is 1. The summed E-state index contributed by atoms with van der Waals surface area (Å²) < 4.78 is 1.72. The number of hydrogen-bond acceptors (Lipinski definition) is 3. The predicted octanol–water partition coefficient (Wildman–Crippen LogP) is 3.26. The third-order valence-electron chi connectivity index (χ3n) is 3.81. The zero-order valence-electron chi connectivity index (χ0n) is 14.3. The zero-order valence-corrected chi connectivity index (χ0v) is 14.3. The Bertz CT molecular complexity index is 825. The molecule has 0 spiro atoms. The van der Waals surface area contributed by atoms with Gasteiger partial charge in [-0.2, -0.15) is 5.10 Å². The Balaban J connectivity index is 1.62. The SMILES string of the molecule is CN(C)c1ccc(CNC(=O)Nc2ccccc2-n2cccn2)cc1. The first-order valence-corrected chi connectivity index (χ1v) is 8.03. The van der Waals surface area contributed by atoms with Crippen molar-refractivity contribution in [3.05, 3.63) is 72.6 Å². The molecule has 25 heavy (non-hydrogen) atoms. The smallest absolute Gasteiger partial charge is 0.319 e. The van der Waals surface area contributed by atoms with E-state index in [0.29, 0.717) is 12.2 Å². The van der Waals surface area contributed by atoms with Gasteiger partial charge in [-0.15, -0.1) is 0 Å². The molecular formula is C19H21N5O. The lowest BCUT2D eigenvalue weighted by atomic mass is 10.2. The van der Waals surface area contributed by atoms with Crippen molar-refractivity contribution in [2.45, 2.75) is 6.54 Å². The molecule has 0 fully saturated rings. The van der Waals surface area contributed by atoms with Crippen LogP contribution in [-0.2, 0) is 6.54 Å². The first kappa shape index (κ1) is 16.6. The summed E-state index contributed by atoms with van der Waals surface area (Å²) in [5.41, 5.74) is 3.69. The van der Waals surface area contributed by atoms with E-state index in [2.05, 4.69) is 15.7 Å². The molecular weight excluding hydrogens is 314 g/mol. The average molecular weight is 335 g/mol. The van der Waals surface area contributed by atoms with Crippen LogP contribution in [0.15, 0.2) is 67.0 Å². The molecule has 2 amide bonds. The van der Waals surface area contributed by atoms with E-state index in [1.165, 1.54) is 0 Å². The molecule has 2 N–H and O–H groups in total. The minimum atomic E-state index is -0.253. The lowest BCUT2D eigenvalue weighted by Crippen LogP contribution is -2.28. The third-order valence-corrected chi connectivity index (χ3v) is 3.81. The Hall–Kier alpha value is -3.28. The molecule has 0 bridgehead atoms. The summed E-state index contributed by atoms with van der Waals surface area (Å²) >= 11 is 0. The van der Waals surface area contributed by atoms with Crippen LogP contribution in [0.4, 0.5) is 16.2 Å². The highest BCUT2D eigenvalue weighted by atomic mass is 16.2. The first-order valence-electron chi connectivity index (χ1n) is 8.03. The number of carbonyl (C=O) groups excluding carboxylic acids is 1. The van der Waals surface area contributed by atoms with Crippen LogP contribution in [-0.4, -0.2) is 29.9 Å². The van der Waals surface area contributed by atoms with E-state index in [0.717, 1.165) is 16.9 Å².